The minimum absolute atomic E-state index is 0.0920. The summed E-state index contributed by atoms with van der Waals surface area (Å²) in [5.41, 5.74) is 0.521. The third-order valence-electron chi connectivity index (χ3n) is 2.17. The third-order valence-corrected chi connectivity index (χ3v) is 2.17. The maximum Gasteiger partial charge on any atom is 0.335 e. The number of hydrogen-bond donors (Lipinski definition) is 2. The van der Waals surface area contributed by atoms with Crippen molar-refractivity contribution in [2.24, 2.45) is 10.1 Å². The van der Waals surface area contributed by atoms with Crippen molar-refractivity contribution in [3.8, 4) is 0 Å². The summed E-state index contributed by atoms with van der Waals surface area (Å²) in [7, 11) is 0. The molecule has 0 heterocycles. The minimum atomic E-state index is -1.06. The van der Waals surface area contributed by atoms with E-state index in [1.807, 2.05) is 0 Å². The molecule has 0 aliphatic rings. The van der Waals surface area contributed by atoms with Crippen LogP contribution in [0.25, 0.3) is 0 Å². The number of aliphatic imine (C=N–C) groups is 1. The van der Waals surface area contributed by atoms with E-state index in [1.165, 1.54) is 26.0 Å². The Bertz CT molecular complexity index is 547. The molecule has 0 aliphatic carbocycles. The molecular weight excluding hydrogens is 236 g/mol. The van der Waals surface area contributed by atoms with E-state index < -0.39 is 11.8 Å². The van der Waals surface area contributed by atoms with Gasteiger partial charge in [0.1, 0.15) is 0 Å². The lowest BCUT2D eigenvalue weighted by Gasteiger charge is -2.01. The van der Waals surface area contributed by atoms with Crippen LogP contribution in [0.1, 0.15) is 24.2 Å². The van der Waals surface area contributed by atoms with Gasteiger partial charge in [-0.25, -0.2) is 4.79 Å². The van der Waals surface area contributed by atoms with Gasteiger partial charge in [-0.05, 0) is 25.1 Å². The number of carboxylic acids is 1. The second-order valence-corrected chi connectivity index (χ2v) is 3.56. The molecule has 1 aromatic rings. The summed E-state index contributed by atoms with van der Waals surface area (Å²) in [4.78, 5) is 25.9. The van der Waals surface area contributed by atoms with Crippen LogP contribution in [0.5, 0.6) is 0 Å². The van der Waals surface area contributed by atoms with E-state index in [0.29, 0.717) is 5.69 Å². The molecule has 1 aromatic carbocycles. The predicted octanol–water partition coefficient (Wildman–Crippen LogP) is 1.90. The summed E-state index contributed by atoms with van der Waals surface area (Å²) >= 11 is 0. The highest BCUT2D eigenvalue weighted by molar-refractivity contribution is 6.66. The van der Waals surface area contributed by atoms with Crippen LogP contribution in [0.2, 0.25) is 0 Å². The van der Waals surface area contributed by atoms with Gasteiger partial charge in [0.05, 0.1) is 17.0 Å². The van der Waals surface area contributed by atoms with Gasteiger partial charge in [0.15, 0.2) is 11.5 Å². The number of Topliss-reactive ketones (excluding diaryl/α,β-unsaturated/α-hetero) is 1. The fourth-order valence-electron chi connectivity index (χ4n) is 1.35. The van der Waals surface area contributed by atoms with Gasteiger partial charge in [0.25, 0.3) is 0 Å². The van der Waals surface area contributed by atoms with Crippen LogP contribution < -0.4 is 0 Å². The first-order valence-electron chi connectivity index (χ1n) is 5.07. The number of hydrogen-bond acceptors (Lipinski definition) is 5. The Hall–Kier alpha value is -2.50. The van der Waals surface area contributed by atoms with E-state index in [9.17, 15) is 9.59 Å². The van der Waals surface area contributed by atoms with E-state index in [1.54, 1.807) is 12.1 Å². The minimum Gasteiger partial charge on any atom is -0.478 e. The Balaban J connectivity index is 3.13. The van der Waals surface area contributed by atoms with Gasteiger partial charge >= 0.3 is 5.97 Å². The van der Waals surface area contributed by atoms with Crippen LogP contribution in [0.15, 0.2) is 34.4 Å². The molecule has 18 heavy (non-hydrogen) atoms. The third kappa shape index (κ3) is 3.24. The van der Waals surface area contributed by atoms with Crippen molar-refractivity contribution >= 4 is 28.9 Å². The molecule has 0 atom stereocenters. The number of nitrogens with zero attached hydrogens (tertiary/aromatic N) is 2. The van der Waals surface area contributed by atoms with Gasteiger partial charge < -0.3 is 10.3 Å². The summed E-state index contributed by atoms with van der Waals surface area (Å²) in [6.45, 7) is 2.76. The Morgan fingerprint density at radius 1 is 1.22 bits per heavy atom. The van der Waals surface area contributed by atoms with Gasteiger partial charge in [0.2, 0.25) is 0 Å². The quantitative estimate of drug-likeness (QED) is 0.482. The molecule has 0 spiro atoms. The standard InChI is InChI=1S/C12H12N2O4/c1-7(11(14-18)8(2)15)13-10-5-3-4-9(6-10)12(16)17/h3-6,18H,1-2H3,(H,16,17)/b13-7?,14-11+. The number of rotatable bonds is 4. The molecule has 1 rings (SSSR count). The second-order valence-electron chi connectivity index (χ2n) is 3.56. The number of carbonyl (C=O) groups excluding carboxylic acids is 1. The van der Waals surface area contributed by atoms with E-state index in [0.717, 1.165) is 0 Å². The highest BCUT2D eigenvalue weighted by Gasteiger charge is 2.11. The molecule has 94 valence electrons. The molecule has 0 aromatic heterocycles. The topological polar surface area (TPSA) is 99.3 Å². The van der Waals surface area contributed by atoms with Crippen molar-refractivity contribution in [2.75, 3.05) is 0 Å². The van der Waals surface area contributed by atoms with Crippen LogP contribution in [0.4, 0.5) is 5.69 Å². The maximum atomic E-state index is 11.1. The number of benzene rings is 1. The van der Waals surface area contributed by atoms with Crippen LogP contribution in [0.3, 0.4) is 0 Å². The first-order valence-corrected chi connectivity index (χ1v) is 5.07. The molecule has 6 heteroatoms. The van der Waals surface area contributed by atoms with E-state index in [-0.39, 0.29) is 17.0 Å². The van der Waals surface area contributed by atoms with E-state index >= 15 is 0 Å². The lowest BCUT2D eigenvalue weighted by molar-refractivity contribution is -0.111. The van der Waals surface area contributed by atoms with Crippen LogP contribution >= 0.6 is 0 Å². The normalized spacial score (nSPS) is 12.3. The summed E-state index contributed by atoms with van der Waals surface area (Å²) in [5, 5.41) is 20.4. The molecule has 6 nitrogen and oxygen atoms in total. The van der Waals surface area contributed by atoms with E-state index in [4.69, 9.17) is 10.3 Å². The summed E-state index contributed by atoms with van der Waals surface area (Å²) in [5.74, 6) is -1.49. The van der Waals surface area contributed by atoms with Crippen molar-refractivity contribution in [3.05, 3.63) is 29.8 Å². The Morgan fingerprint density at radius 2 is 1.89 bits per heavy atom. The number of carbonyl (C=O) groups is 2. The zero-order valence-corrected chi connectivity index (χ0v) is 9.91. The van der Waals surface area contributed by atoms with Crippen LogP contribution in [-0.4, -0.2) is 33.5 Å². The van der Waals surface area contributed by atoms with E-state index in [2.05, 4.69) is 10.1 Å². The molecule has 2 N–H and O–H groups in total. The van der Waals surface area contributed by atoms with Crippen LogP contribution in [-0.2, 0) is 4.79 Å². The number of aromatic carboxylic acids is 1. The summed E-state index contributed by atoms with van der Waals surface area (Å²) in [6, 6.07) is 5.92. The highest BCUT2D eigenvalue weighted by atomic mass is 16.4. The molecule has 0 saturated heterocycles. The lowest BCUT2D eigenvalue weighted by Crippen LogP contribution is -2.19. The molecule has 0 aliphatic heterocycles. The van der Waals surface area contributed by atoms with Gasteiger partial charge in [-0.3, -0.25) is 9.79 Å². The molecule has 0 radical (unpaired) electrons. The molecule has 0 unspecified atom stereocenters. The number of ketones is 1. The molecule has 0 saturated carbocycles. The molecule has 0 bridgehead atoms. The maximum absolute atomic E-state index is 11.1. The molecular formula is C12H12N2O4. The van der Waals surface area contributed by atoms with Crippen molar-refractivity contribution < 1.29 is 19.9 Å². The molecule has 0 fully saturated rings. The zero-order valence-electron chi connectivity index (χ0n) is 9.91. The largest absolute Gasteiger partial charge is 0.478 e. The van der Waals surface area contributed by atoms with Crippen molar-refractivity contribution in [1.29, 1.82) is 0 Å². The lowest BCUT2D eigenvalue weighted by atomic mass is 10.1. The SMILES string of the molecule is CC(=O)/C(=N/O)C(C)=Nc1cccc(C(=O)O)c1. The van der Waals surface area contributed by atoms with Crippen molar-refractivity contribution in [3.63, 3.8) is 0 Å². The second kappa shape index (κ2) is 5.72. The highest BCUT2D eigenvalue weighted by Crippen LogP contribution is 2.14. The Kier molecular flexibility index (Phi) is 4.31. The summed E-state index contributed by atoms with van der Waals surface area (Å²) < 4.78 is 0. The van der Waals surface area contributed by atoms with Gasteiger partial charge in [-0.1, -0.05) is 11.2 Å². The number of oxime groups is 1. The average molecular weight is 248 g/mol. The van der Waals surface area contributed by atoms with Crippen molar-refractivity contribution in [2.45, 2.75) is 13.8 Å². The van der Waals surface area contributed by atoms with Crippen LogP contribution in [0, 0.1) is 0 Å². The summed E-state index contributed by atoms with van der Waals surface area (Å²) in [6.07, 6.45) is 0. The predicted molar refractivity (Wildman–Crippen MR) is 66.1 cm³/mol. The van der Waals surface area contributed by atoms with Crippen molar-refractivity contribution in [1.82, 2.24) is 0 Å². The molecule has 0 amide bonds. The first-order chi connectivity index (χ1) is 8.45. The Morgan fingerprint density at radius 3 is 2.39 bits per heavy atom. The monoisotopic (exact) mass is 248 g/mol. The average Bonchev–Trinajstić information content (AvgIpc) is 2.29. The Labute approximate surface area is 103 Å². The smallest absolute Gasteiger partial charge is 0.335 e. The number of carboxylic acid groups (broad SMARTS) is 1. The van der Waals surface area contributed by atoms with Gasteiger partial charge in [-0.2, -0.15) is 0 Å². The van der Waals surface area contributed by atoms with Gasteiger partial charge in [-0.15, -0.1) is 0 Å². The fourth-order valence-corrected chi connectivity index (χ4v) is 1.35. The van der Waals surface area contributed by atoms with Gasteiger partial charge in [0, 0.05) is 6.92 Å². The first kappa shape index (κ1) is 13.6. The zero-order chi connectivity index (χ0) is 13.7. The fraction of sp³-hybridized carbons (Fsp3) is 0.167.